The maximum Gasteiger partial charge on any atom is 0.422 e. The molecule has 0 spiro atoms. The summed E-state index contributed by atoms with van der Waals surface area (Å²) < 4.78 is 0. The molecule has 106 valence electrons. The van der Waals surface area contributed by atoms with Crippen LogP contribution in [0.15, 0.2) is 6.07 Å². The van der Waals surface area contributed by atoms with Crippen LogP contribution in [0.25, 0.3) is 0 Å². The summed E-state index contributed by atoms with van der Waals surface area (Å²) in [6.07, 6.45) is 0.199. The molecule has 0 amide bonds. The van der Waals surface area contributed by atoms with Gasteiger partial charge >= 0.3 is 17.1 Å². The van der Waals surface area contributed by atoms with Crippen LogP contribution in [0.4, 0.5) is 17.1 Å². The Balaban J connectivity index is 0.000000444. The number of nitrogens with zero attached hydrogens (tertiary/aromatic N) is 4. The van der Waals surface area contributed by atoms with Crippen molar-refractivity contribution in [3.63, 3.8) is 0 Å². The van der Waals surface area contributed by atoms with Crippen molar-refractivity contribution in [2.75, 3.05) is 0 Å². The minimum Gasteiger partial charge on any atom is -0.258 e. The molecule has 13 heteroatoms. The lowest BCUT2D eigenvalue weighted by molar-refractivity contribution is -0.491. The molecule has 0 atom stereocenters. The highest BCUT2D eigenvalue weighted by atomic mass is 16.7. The molecule has 1 aromatic rings. The lowest BCUT2D eigenvalue weighted by Gasteiger charge is -1.95. The Hall–Kier alpha value is -3.38. The molecular weight excluding hydrogens is 282 g/mol. The van der Waals surface area contributed by atoms with E-state index in [0.717, 1.165) is 6.07 Å². The van der Waals surface area contributed by atoms with E-state index in [1.54, 1.807) is 0 Å². The molecule has 0 bridgehead atoms. The Labute approximate surface area is 108 Å². The number of nitro benzene ring substituents is 3. The molecule has 2 N–H and O–H groups in total. The molecule has 13 nitrogen and oxygen atoms in total. The molecule has 0 aliphatic heterocycles. The van der Waals surface area contributed by atoms with Crippen molar-refractivity contribution in [3.8, 4) is 0 Å². The number of hydrazine groups is 1. The molecule has 0 saturated heterocycles. The number of fused-ring (bicyclic) bond motifs is 1. The second-order valence-corrected chi connectivity index (χ2v) is 3.46. The van der Waals surface area contributed by atoms with E-state index in [-0.39, 0.29) is 12.0 Å². The second-order valence-electron chi connectivity index (χ2n) is 3.46. The van der Waals surface area contributed by atoms with E-state index >= 15 is 0 Å². The van der Waals surface area contributed by atoms with E-state index < -0.39 is 36.9 Å². The molecule has 20 heavy (non-hydrogen) atoms. The average Bonchev–Trinajstić information content (AvgIpc) is 3.03. The van der Waals surface area contributed by atoms with Crippen molar-refractivity contribution >= 4 is 17.1 Å². The van der Waals surface area contributed by atoms with Crippen LogP contribution >= 0.6 is 0 Å². The molecule has 1 aromatic carbocycles. The Morgan fingerprint density at radius 1 is 0.900 bits per heavy atom. The highest BCUT2D eigenvalue weighted by Gasteiger charge is 2.45. The minimum atomic E-state index is -1.09. The van der Waals surface area contributed by atoms with E-state index in [0.29, 0.717) is 5.56 Å². The van der Waals surface area contributed by atoms with Crippen molar-refractivity contribution in [1.29, 1.82) is 0 Å². The average molecular weight is 287 g/mol. The minimum absolute atomic E-state index is 0.199. The first-order valence-corrected chi connectivity index (χ1v) is 4.67. The molecular formula is C7H5N5O8. The monoisotopic (exact) mass is 287 g/mol. The Morgan fingerprint density at radius 2 is 1.35 bits per heavy atom. The Morgan fingerprint density at radius 3 is 1.70 bits per heavy atom. The van der Waals surface area contributed by atoms with E-state index in [9.17, 15) is 30.3 Å². The molecule has 0 unspecified atom stereocenters. The van der Waals surface area contributed by atoms with Crippen molar-refractivity contribution in [1.82, 2.24) is 0 Å². The first-order valence-electron chi connectivity index (χ1n) is 4.67. The standard InChI is InChI=1S/C7H3N3O6.H2N2O2/c11-8(12)5-2-3-1-4(3)6(9(13)14)7(5)10(15)16;1-2(3)4/h2H,1H2;1H2. The predicted octanol–water partition coefficient (Wildman–Crippen LogP) is 0.452. The third-order valence-corrected chi connectivity index (χ3v) is 2.26. The normalized spacial score (nSPS) is 10.6. The zero-order valence-corrected chi connectivity index (χ0v) is 9.42. The topological polar surface area (TPSA) is 199 Å². The van der Waals surface area contributed by atoms with Crippen LogP contribution in [0.2, 0.25) is 0 Å². The zero-order chi connectivity index (χ0) is 15.6. The van der Waals surface area contributed by atoms with Crippen molar-refractivity contribution in [2.24, 2.45) is 5.84 Å². The van der Waals surface area contributed by atoms with Crippen LogP contribution in [0, 0.1) is 40.5 Å². The molecule has 1 aliphatic carbocycles. The van der Waals surface area contributed by atoms with Crippen LogP contribution in [-0.4, -0.2) is 19.8 Å². The second kappa shape index (κ2) is 5.09. The van der Waals surface area contributed by atoms with Crippen LogP contribution in [0.3, 0.4) is 0 Å². The summed E-state index contributed by atoms with van der Waals surface area (Å²) in [5, 5.41) is 39.4. The summed E-state index contributed by atoms with van der Waals surface area (Å²) in [6, 6.07) is 1.01. The van der Waals surface area contributed by atoms with Gasteiger partial charge in [-0.2, -0.15) is 5.84 Å². The van der Waals surface area contributed by atoms with Crippen LogP contribution in [-0.2, 0) is 6.42 Å². The van der Waals surface area contributed by atoms with Gasteiger partial charge in [0.25, 0.3) is 0 Å². The molecule has 0 fully saturated rings. The fraction of sp³-hybridized carbons (Fsp3) is 0.143. The number of benzene rings is 1. The van der Waals surface area contributed by atoms with Crippen molar-refractivity contribution in [3.05, 3.63) is 57.7 Å². The highest BCUT2D eigenvalue weighted by Crippen LogP contribution is 2.48. The maximum atomic E-state index is 10.6. The summed E-state index contributed by atoms with van der Waals surface area (Å²) in [7, 11) is 0. The van der Waals surface area contributed by atoms with Crippen molar-refractivity contribution in [2.45, 2.75) is 6.42 Å². The Bertz CT molecular complexity index is 637. The summed E-state index contributed by atoms with van der Waals surface area (Å²) in [5.41, 5.74) is -1.99. The first-order chi connectivity index (χ1) is 9.16. The van der Waals surface area contributed by atoms with Crippen LogP contribution in [0.1, 0.15) is 11.1 Å². The highest BCUT2D eigenvalue weighted by molar-refractivity contribution is 5.77. The number of nitrogens with two attached hydrogens (primary N) is 1. The van der Waals surface area contributed by atoms with Crippen molar-refractivity contribution < 1.29 is 19.8 Å². The van der Waals surface area contributed by atoms with E-state index in [1.807, 2.05) is 0 Å². The lowest BCUT2D eigenvalue weighted by Crippen LogP contribution is -2.04. The third kappa shape index (κ3) is 2.89. The van der Waals surface area contributed by atoms with Crippen LogP contribution in [0.5, 0.6) is 0 Å². The molecule has 1 aliphatic rings. The van der Waals surface area contributed by atoms with Gasteiger partial charge in [0, 0.05) is 18.1 Å². The summed E-state index contributed by atoms with van der Waals surface area (Å²) in [6.45, 7) is 0. The van der Waals surface area contributed by atoms with Gasteiger partial charge in [0.1, 0.15) is 0 Å². The third-order valence-electron chi connectivity index (χ3n) is 2.26. The quantitative estimate of drug-likeness (QED) is 0.472. The van der Waals surface area contributed by atoms with Gasteiger partial charge < -0.3 is 0 Å². The van der Waals surface area contributed by atoms with E-state index in [2.05, 4.69) is 5.84 Å². The van der Waals surface area contributed by atoms with E-state index in [1.165, 1.54) is 0 Å². The zero-order valence-electron chi connectivity index (χ0n) is 9.42. The number of rotatable bonds is 3. The smallest absolute Gasteiger partial charge is 0.258 e. The molecule has 2 rings (SSSR count). The molecule has 0 saturated carbocycles. The van der Waals surface area contributed by atoms with Gasteiger partial charge in [-0.25, -0.2) is 10.1 Å². The molecule has 0 heterocycles. The predicted molar refractivity (Wildman–Crippen MR) is 60.4 cm³/mol. The fourth-order valence-electron chi connectivity index (χ4n) is 1.53. The van der Waals surface area contributed by atoms with Gasteiger partial charge in [-0.3, -0.25) is 30.3 Å². The maximum absolute atomic E-state index is 10.6. The van der Waals surface area contributed by atoms with Gasteiger partial charge in [-0.15, -0.1) is 0 Å². The van der Waals surface area contributed by atoms with Gasteiger partial charge in [0.15, 0.2) is 5.03 Å². The summed E-state index contributed by atoms with van der Waals surface area (Å²) in [4.78, 5) is 37.4. The van der Waals surface area contributed by atoms with Gasteiger partial charge in [0.05, 0.1) is 14.8 Å². The SMILES string of the molecule is N[N+](=O)[O-].O=[N+]([O-])c1cc2c(c([N+](=O)[O-])c1[N+](=O)[O-])C2. The largest absolute Gasteiger partial charge is 0.422 e. The van der Waals surface area contributed by atoms with Gasteiger partial charge in [-0.05, 0) is 5.56 Å². The number of hydrogen-bond acceptors (Lipinski definition) is 8. The lowest BCUT2D eigenvalue weighted by atomic mass is 10.2. The number of nitro groups is 4. The Kier molecular flexibility index (Phi) is 3.73. The van der Waals surface area contributed by atoms with E-state index in [4.69, 9.17) is 10.1 Å². The van der Waals surface area contributed by atoms with Gasteiger partial charge in [0.2, 0.25) is 0 Å². The summed E-state index contributed by atoms with van der Waals surface area (Å²) >= 11 is 0. The fourth-order valence-corrected chi connectivity index (χ4v) is 1.53. The first kappa shape index (κ1) is 14.7. The molecule has 0 radical (unpaired) electrons. The molecule has 0 aromatic heterocycles. The summed E-state index contributed by atoms with van der Waals surface area (Å²) in [5.74, 6) is 3.83. The van der Waals surface area contributed by atoms with Gasteiger partial charge in [-0.1, -0.05) is 0 Å². The van der Waals surface area contributed by atoms with Crippen LogP contribution < -0.4 is 5.84 Å². The number of hydrogen-bond donors (Lipinski definition) is 1.